The van der Waals surface area contributed by atoms with E-state index >= 15 is 0 Å². The van der Waals surface area contributed by atoms with Gasteiger partial charge in [-0.25, -0.2) is 9.48 Å². The molecule has 1 atom stereocenters. The predicted molar refractivity (Wildman–Crippen MR) is 94.8 cm³/mol. The van der Waals surface area contributed by atoms with Crippen LogP contribution in [0.25, 0.3) is 6.08 Å². The molecule has 0 fully saturated rings. The number of aryl methyl sites for hydroxylation is 1. The molecule has 1 N–H and O–H groups in total. The molecule has 6 nitrogen and oxygen atoms in total. The van der Waals surface area contributed by atoms with E-state index in [4.69, 9.17) is 37.8 Å². The zero-order valence-corrected chi connectivity index (χ0v) is 15.1. The lowest BCUT2D eigenvalue weighted by Crippen LogP contribution is -2.23. The van der Waals surface area contributed by atoms with Crippen molar-refractivity contribution in [1.29, 1.82) is 0 Å². The van der Waals surface area contributed by atoms with Crippen molar-refractivity contribution in [3.05, 3.63) is 39.5 Å². The van der Waals surface area contributed by atoms with Gasteiger partial charge >= 0.3 is 5.97 Å². The molecular weight excluding hydrogens is 367 g/mol. The molecular formula is C17H16Cl2N2O4. The summed E-state index contributed by atoms with van der Waals surface area (Å²) in [5.74, 6) is -0.00677. The number of allylic oxidation sites excluding steroid dienone is 1. The first-order chi connectivity index (χ1) is 11.9. The molecule has 1 heterocycles. The predicted octanol–water partition coefficient (Wildman–Crippen LogP) is 4.33. The van der Waals surface area contributed by atoms with E-state index in [9.17, 15) is 4.79 Å². The summed E-state index contributed by atoms with van der Waals surface area (Å²) in [6, 6.07) is 2.95. The summed E-state index contributed by atoms with van der Waals surface area (Å²) in [6.45, 7) is 1.41. The molecule has 1 aliphatic carbocycles. The van der Waals surface area contributed by atoms with Crippen LogP contribution in [-0.2, 0) is 18.3 Å². The van der Waals surface area contributed by atoms with Crippen LogP contribution in [0.15, 0.2) is 18.2 Å². The van der Waals surface area contributed by atoms with Gasteiger partial charge in [0.05, 0.1) is 15.7 Å². The molecule has 8 heteroatoms. The average molecular weight is 383 g/mol. The maximum atomic E-state index is 11.0. The number of fused-ring (bicyclic) bond motifs is 1. The Balaban J connectivity index is 1.94. The van der Waals surface area contributed by atoms with Gasteiger partial charge in [0.2, 0.25) is 5.88 Å². The van der Waals surface area contributed by atoms with Crippen LogP contribution >= 0.6 is 23.2 Å². The van der Waals surface area contributed by atoms with Crippen molar-refractivity contribution in [3.8, 4) is 17.4 Å². The second-order valence-electron chi connectivity index (χ2n) is 5.65. The highest BCUT2D eigenvalue weighted by molar-refractivity contribution is 6.36. The summed E-state index contributed by atoms with van der Waals surface area (Å²) in [5, 5.41) is 13.9. The van der Waals surface area contributed by atoms with E-state index < -0.39 is 12.1 Å². The maximum absolute atomic E-state index is 11.0. The molecule has 132 valence electrons. The highest BCUT2D eigenvalue weighted by atomic mass is 35.5. The molecule has 0 saturated heterocycles. The Morgan fingerprint density at radius 3 is 2.76 bits per heavy atom. The number of rotatable bonds is 5. The first-order valence-electron chi connectivity index (χ1n) is 7.65. The van der Waals surface area contributed by atoms with E-state index in [2.05, 4.69) is 11.2 Å². The lowest BCUT2D eigenvalue weighted by Gasteiger charge is -2.15. The van der Waals surface area contributed by atoms with Crippen LogP contribution in [0.4, 0.5) is 0 Å². The van der Waals surface area contributed by atoms with Gasteiger partial charge in [0.15, 0.2) is 11.9 Å². The average Bonchev–Trinajstić information content (AvgIpc) is 2.87. The number of hydrogen-bond donors (Lipinski definition) is 1. The summed E-state index contributed by atoms with van der Waals surface area (Å²) in [7, 11) is 1.79. The Hall–Kier alpha value is -2.18. The first kappa shape index (κ1) is 17.6. The highest BCUT2D eigenvalue weighted by Crippen LogP contribution is 2.40. The minimum atomic E-state index is -1.10. The summed E-state index contributed by atoms with van der Waals surface area (Å²) >= 11 is 12.3. The monoisotopic (exact) mass is 382 g/mol. The maximum Gasteiger partial charge on any atom is 0.344 e. The Bertz CT molecular complexity index is 861. The van der Waals surface area contributed by atoms with Crippen molar-refractivity contribution in [2.75, 3.05) is 0 Å². The van der Waals surface area contributed by atoms with Gasteiger partial charge in [-0.1, -0.05) is 29.3 Å². The zero-order valence-electron chi connectivity index (χ0n) is 13.6. The van der Waals surface area contributed by atoms with Gasteiger partial charge in [0.25, 0.3) is 0 Å². The van der Waals surface area contributed by atoms with Crippen LogP contribution in [0, 0.1) is 0 Å². The molecule has 3 rings (SSSR count). The topological polar surface area (TPSA) is 73.6 Å². The van der Waals surface area contributed by atoms with Gasteiger partial charge in [0.1, 0.15) is 5.75 Å². The largest absolute Gasteiger partial charge is 0.479 e. The number of nitrogens with zero attached hydrogens (tertiary/aromatic N) is 2. The van der Waals surface area contributed by atoms with Gasteiger partial charge in [-0.05, 0) is 31.9 Å². The zero-order chi connectivity index (χ0) is 18.1. The molecule has 1 aromatic heterocycles. The molecule has 0 amide bonds. The normalized spacial score (nSPS) is 14.1. The van der Waals surface area contributed by atoms with Gasteiger partial charge in [-0.2, -0.15) is 5.10 Å². The minimum absolute atomic E-state index is 0.187. The van der Waals surface area contributed by atoms with Crippen LogP contribution < -0.4 is 9.47 Å². The molecule has 2 aromatic rings. The molecule has 0 radical (unpaired) electrons. The van der Waals surface area contributed by atoms with Crippen LogP contribution in [-0.4, -0.2) is 27.0 Å². The van der Waals surface area contributed by atoms with Crippen LogP contribution in [0.3, 0.4) is 0 Å². The van der Waals surface area contributed by atoms with Gasteiger partial charge in [-0.15, -0.1) is 0 Å². The fourth-order valence-corrected chi connectivity index (χ4v) is 2.98. The number of aliphatic carboxylic acids is 1. The fourth-order valence-electron chi connectivity index (χ4n) is 2.52. The lowest BCUT2D eigenvalue weighted by atomic mass is 10.0. The third kappa shape index (κ3) is 3.60. The third-order valence-electron chi connectivity index (χ3n) is 3.80. The van der Waals surface area contributed by atoms with E-state index in [0.717, 1.165) is 24.1 Å². The number of carbonyl (C=O) groups is 1. The molecule has 1 aliphatic rings. The fraction of sp³-hybridized carbons (Fsp3) is 0.294. The standard InChI is InChI=1S/C17H16Cl2N2O4/c1-9(17(22)23)24-14-8-15(12(19)7-11(14)18)25-16-10-5-3-4-6-13(10)20-21(16)2/h4,6-9H,3,5H2,1-2H3,(H,22,23)/t9-/m0/s1. The molecule has 25 heavy (non-hydrogen) atoms. The van der Waals surface area contributed by atoms with E-state index in [1.165, 1.54) is 19.1 Å². The van der Waals surface area contributed by atoms with Gasteiger partial charge in [0, 0.05) is 18.7 Å². The van der Waals surface area contributed by atoms with E-state index in [-0.39, 0.29) is 10.8 Å². The highest BCUT2D eigenvalue weighted by Gasteiger charge is 2.21. The number of halogens is 2. The van der Waals surface area contributed by atoms with Gasteiger partial charge < -0.3 is 14.6 Å². The molecule has 1 aromatic carbocycles. The second-order valence-corrected chi connectivity index (χ2v) is 6.46. The summed E-state index contributed by atoms with van der Waals surface area (Å²) < 4.78 is 13.0. The molecule has 0 aliphatic heterocycles. The third-order valence-corrected chi connectivity index (χ3v) is 4.39. The van der Waals surface area contributed by atoms with Crippen molar-refractivity contribution in [3.63, 3.8) is 0 Å². The van der Waals surface area contributed by atoms with Crippen molar-refractivity contribution >= 4 is 35.2 Å². The first-order valence-corrected chi connectivity index (χ1v) is 8.41. The van der Waals surface area contributed by atoms with E-state index in [1.54, 1.807) is 11.7 Å². The number of carboxylic acid groups (broad SMARTS) is 1. The summed E-state index contributed by atoms with van der Waals surface area (Å²) in [6.07, 6.45) is 4.69. The van der Waals surface area contributed by atoms with E-state index in [1.807, 2.05) is 6.08 Å². The number of aromatic nitrogens is 2. The lowest BCUT2D eigenvalue weighted by molar-refractivity contribution is -0.144. The van der Waals surface area contributed by atoms with Crippen LogP contribution in [0.1, 0.15) is 24.6 Å². The van der Waals surface area contributed by atoms with Crippen LogP contribution in [0.2, 0.25) is 10.0 Å². The van der Waals surface area contributed by atoms with Crippen LogP contribution in [0.5, 0.6) is 17.4 Å². The minimum Gasteiger partial charge on any atom is -0.479 e. The Labute approximate surface area is 154 Å². The van der Waals surface area contributed by atoms with Crippen molar-refractivity contribution < 1.29 is 19.4 Å². The number of ether oxygens (including phenoxy) is 2. The quantitative estimate of drug-likeness (QED) is 0.832. The van der Waals surface area contributed by atoms with Crippen molar-refractivity contribution in [2.24, 2.45) is 7.05 Å². The van der Waals surface area contributed by atoms with Crippen molar-refractivity contribution in [2.45, 2.75) is 25.9 Å². The summed E-state index contributed by atoms with van der Waals surface area (Å²) in [4.78, 5) is 11.0. The molecule has 0 spiro atoms. The number of benzene rings is 1. The molecule has 0 saturated carbocycles. The number of carboxylic acids is 1. The number of hydrogen-bond acceptors (Lipinski definition) is 4. The Kier molecular flexibility index (Phi) is 4.92. The van der Waals surface area contributed by atoms with E-state index in [0.29, 0.717) is 16.7 Å². The second kappa shape index (κ2) is 6.98. The SMILES string of the molecule is C[C@H](Oc1cc(Oc2c3c(nn2C)C=CCC3)c(Cl)cc1Cl)C(=O)O. The smallest absolute Gasteiger partial charge is 0.344 e. The molecule has 0 bridgehead atoms. The Morgan fingerprint density at radius 2 is 2.04 bits per heavy atom. The summed E-state index contributed by atoms with van der Waals surface area (Å²) in [5.41, 5.74) is 1.86. The Morgan fingerprint density at radius 1 is 1.32 bits per heavy atom. The van der Waals surface area contributed by atoms with Gasteiger partial charge in [-0.3, -0.25) is 0 Å². The molecule has 0 unspecified atom stereocenters. The van der Waals surface area contributed by atoms with Crippen molar-refractivity contribution in [1.82, 2.24) is 9.78 Å².